The molecule has 0 saturated heterocycles. The van der Waals surface area contributed by atoms with Crippen LogP contribution >= 0.6 is 0 Å². The fourth-order valence-corrected chi connectivity index (χ4v) is 3.12. The van der Waals surface area contributed by atoms with Crippen molar-refractivity contribution in [2.45, 2.75) is 44.6 Å². The highest BCUT2D eigenvalue weighted by Crippen LogP contribution is 2.23. The smallest absolute Gasteiger partial charge is 0.227 e. The Labute approximate surface area is 116 Å². The Morgan fingerprint density at radius 3 is 2.37 bits per heavy atom. The van der Waals surface area contributed by atoms with Crippen LogP contribution in [0.4, 0.5) is 0 Å². The molecule has 1 saturated carbocycles. The van der Waals surface area contributed by atoms with E-state index in [9.17, 15) is 13.2 Å². The number of nitrogens with zero attached hydrogens (tertiary/aromatic N) is 1. The molecule has 6 heteroatoms. The molecule has 0 aromatic heterocycles. The van der Waals surface area contributed by atoms with Crippen LogP contribution in [0.1, 0.15) is 38.5 Å². The second kappa shape index (κ2) is 7.24. The highest BCUT2D eigenvalue weighted by molar-refractivity contribution is 7.90. The van der Waals surface area contributed by atoms with Crippen LogP contribution in [0.15, 0.2) is 0 Å². The molecular weight excluding hydrogens is 264 g/mol. The number of sulfone groups is 1. The van der Waals surface area contributed by atoms with Gasteiger partial charge in [0.05, 0.1) is 11.7 Å². The Bertz CT molecular complexity index is 395. The molecule has 5 nitrogen and oxygen atoms in total. The molecule has 0 aromatic carbocycles. The maximum Gasteiger partial charge on any atom is 0.227 e. The zero-order valence-electron chi connectivity index (χ0n) is 12.0. The van der Waals surface area contributed by atoms with Crippen molar-refractivity contribution in [3.63, 3.8) is 0 Å². The zero-order valence-corrected chi connectivity index (χ0v) is 12.8. The van der Waals surface area contributed by atoms with Gasteiger partial charge >= 0.3 is 0 Å². The molecule has 0 bridgehead atoms. The SMILES string of the molecule is CN(CCS(C)(=O)=O)C(=O)[C@@H]1CCCCCC[C@@H]1N. The quantitative estimate of drug-likeness (QED) is 0.830. The molecule has 0 aromatic rings. The number of hydrogen-bond acceptors (Lipinski definition) is 4. The molecule has 0 radical (unpaired) electrons. The van der Waals surface area contributed by atoms with E-state index in [2.05, 4.69) is 0 Å². The minimum Gasteiger partial charge on any atom is -0.344 e. The number of nitrogens with two attached hydrogens (primary N) is 1. The van der Waals surface area contributed by atoms with Crippen molar-refractivity contribution in [2.75, 3.05) is 25.6 Å². The summed E-state index contributed by atoms with van der Waals surface area (Å²) >= 11 is 0. The Morgan fingerprint density at radius 2 is 1.79 bits per heavy atom. The lowest BCUT2D eigenvalue weighted by molar-refractivity contribution is -0.135. The van der Waals surface area contributed by atoms with Gasteiger partial charge < -0.3 is 10.6 Å². The van der Waals surface area contributed by atoms with Crippen molar-refractivity contribution < 1.29 is 13.2 Å². The van der Waals surface area contributed by atoms with Gasteiger partial charge in [0.25, 0.3) is 0 Å². The van der Waals surface area contributed by atoms with Crippen molar-refractivity contribution >= 4 is 15.7 Å². The summed E-state index contributed by atoms with van der Waals surface area (Å²) in [4.78, 5) is 13.9. The van der Waals surface area contributed by atoms with Crippen LogP contribution in [0.2, 0.25) is 0 Å². The predicted octanol–water partition coefficient (Wildman–Crippen LogP) is 0.787. The van der Waals surface area contributed by atoms with Crippen molar-refractivity contribution in [1.29, 1.82) is 0 Å². The molecule has 112 valence electrons. The molecule has 1 aliphatic rings. The van der Waals surface area contributed by atoms with Crippen LogP contribution in [0.25, 0.3) is 0 Å². The molecule has 1 fully saturated rings. The van der Waals surface area contributed by atoms with E-state index in [-0.39, 0.29) is 30.2 Å². The summed E-state index contributed by atoms with van der Waals surface area (Å²) in [6, 6.07) is -0.0894. The molecule has 0 spiro atoms. The predicted molar refractivity (Wildman–Crippen MR) is 76.5 cm³/mol. The monoisotopic (exact) mass is 290 g/mol. The maximum absolute atomic E-state index is 12.3. The first-order chi connectivity index (χ1) is 8.81. The van der Waals surface area contributed by atoms with Crippen molar-refractivity contribution in [1.82, 2.24) is 4.90 Å². The van der Waals surface area contributed by atoms with E-state index in [1.807, 2.05) is 0 Å². The van der Waals surface area contributed by atoms with E-state index in [0.29, 0.717) is 0 Å². The van der Waals surface area contributed by atoms with E-state index in [0.717, 1.165) is 32.1 Å². The first kappa shape index (κ1) is 16.4. The van der Waals surface area contributed by atoms with Crippen molar-refractivity contribution in [3.05, 3.63) is 0 Å². The van der Waals surface area contributed by atoms with E-state index < -0.39 is 9.84 Å². The average molecular weight is 290 g/mol. The highest BCUT2D eigenvalue weighted by Gasteiger charge is 2.28. The number of amides is 1. The van der Waals surface area contributed by atoms with Crippen molar-refractivity contribution in [3.8, 4) is 0 Å². The molecule has 0 heterocycles. The van der Waals surface area contributed by atoms with Crippen LogP contribution in [-0.2, 0) is 14.6 Å². The molecule has 1 rings (SSSR count). The first-order valence-corrected chi connectivity index (χ1v) is 9.05. The van der Waals surface area contributed by atoms with Crippen LogP contribution in [0, 0.1) is 5.92 Å². The lowest BCUT2D eigenvalue weighted by Crippen LogP contribution is -2.44. The Balaban J connectivity index is 2.57. The normalized spacial score (nSPS) is 25.4. The minimum absolute atomic E-state index is 0.00181. The fourth-order valence-electron chi connectivity index (χ4n) is 2.52. The lowest BCUT2D eigenvalue weighted by atomic mass is 9.86. The van der Waals surface area contributed by atoms with Crippen molar-refractivity contribution in [2.24, 2.45) is 11.7 Å². The topological polar surface area (TPSA) is 80.5 Å². The van der Waals surface area contributed by atoms with Gasteiger partial charge in [-0.25, -0.2) is 8.42 Å². The second-order valence-corrected chi connectivity index (χ2v) is 7.91. The molecular formula is C13H26N2O3S. The van der Waals surface area contributed by atoms with E-state index in [1.54, 1.807) is 7.05 Å². The molecule has 19 heavy (non-hydrogen) atoms. The van der Waals surface area contributed by atoms with Gasteiger partial charge in [0.2, 0.25) is 5.91 Å². The summed E-state index contributed by atoms with van der Waals surface area (Å²) in [5, 5.41) is 0. The Hall–Kier alpha value is -0.620. The number of hydrogen-bond donors (Lipinski definition) is 1. The van der Waals surface area contributed by atoms with Gasteiger partial charge in [0, 0.05) is 25.9 Å². The lowest BCUT2D eigenvalue weighted by Gasteiger charge is -2.29. The standard InChI is InChI=1S/C13H26N2O3S/c1-15(9-10-19(2,17)18)13(16)11-7-5-3-4-6-8-12(11)14/h11-12H,3-10,14H2,1-2H3/t11-,12+/m1/s1. The molecule has 1 aliphatic carbocycles. The third kappa shape index (κ3) is 5.91. The summed E-state index contributed by atoms with van der Waals surface area (Å²) in [5.41, 5.74) is 6.10. The number of rotatable bonds is 4. The highest BCUT2D eigenvalue weighted by atomic mass is 32.2. The maximum atomic E-state index is 12.3. The van der Waals surface area contributed by atoms with Crippen LogP contribution < -0.4 is 5.73 Å². The summed E-state index contributed by atoms with van der Waals surface area (Å²) in [6.45, 7) is 0.251. The van der Waals surface area contributed by atoms with E-state index in [1.165, 1.54) is 17.6 Å². The summed E-state index contributed by atoms with van der Waals surface area (Å²) < 4.78 is 22.3. The molecule has 0 aliphatic heterocycles. The van der Waals surface area contributed by atoms with Gasteiger partial charge in [-0.3, -0.25) is 4.79 Å². The third-order valence-electron chi connectivity index (χ3n) is 3.81. The minimum atomic E-state index is -3.04. The third-order valence-corrected chi connectivity index (χ3v) is 4.73. The van der Waals surface area contributed by atoms with Gasteiger partial charge in [-0.15, -0.1) is 0 Å². The van der Waals surface area contributed by atoms with Gasteiger partial charge in [0.1, 0.15) is 9.84 Å². The van der Waals surface area contributed by atoms with Crippen LogP contribution in [0.5, 0.6) is 0 Å². The fraction of sp³-hybridized carbons (Fsp3) is 0.923. The van der Waals surface area contributed by atoms with Gasteiger partial charge in [-0.2, -0.15) is 0 Å². The number of carbonyl (C=O) groups is 1. The first-order valence-electron chi connectivity index (χ1n) is 6.99. The Kier molecular flexibility index (Phi) is 6.26. The molecule has 2 N–H and O–H groups in total. The summed E-state index contributed by atoms with van der Waals surface area (Å²) in [6.07, 6.45) is 7.36. The number of carbonyl (C=O) groups excluding carboxylic acids is 1. The van der Waals surface area contributed by atoms with Gasteiger partial charge in [-0.1, -0.05) is 25.7 Å². The molecule has 1 amide bonds. The van der Waals surface area contributed by atoms with Gasteiger partial charge in [-0.05, 0) is 12.8 Å². The van der Waals surface area contributed by atoms with E-state index in [4.69, 9.17) is 5.73 Å². The second-order valence-electron chi connectivity index (χ2n) is 5.65. The molecule has 2 atom stereocenters. The molecule has 0 unspecified atom stereocenters. The zero-order chi connectivity index (χ0) is 14.5. The summed E-state index contributed by atoms with van der Waals surface area (Å²) in [7, 11) is -1.37. The van der Waals surface area contributed by atoms with Crippen LogP contribution in [0.3, 0.4) is 0 Å². The largest absolute Gasteiger partial charge is 0.344 e. The van der Waals surface area contributed by atoms with Gasteiger partial charge in [0.15, 0.2) is 0 Å². The van der Waals surface area contributed by atoms with Crippen LogP contribution in [-0.4, -0.2) is 50.9 Å². The van der Waals surface area contributed by atoms with E-state index >= 15 is 0 Å². The average Bonchev–Trinajstić information content (AvgIpc) is 2.29. The summed E-state index contributed by atoms with van der Waals surface area (Å²) in [5.74, 6) is -0.139. The Morgan fingerprint density at radius 1 is 1.21 bits per heavy atom.